The molecule has 2 rings (SSSR count). The van der Waals surface area contributed by atoms with Crippen molar-refractivity contribution < 1.29 is 4.79 Å². The second-order valence-electron chi connectivity index (χ2n) is 7.09. The molecule has 1 heterocycles. The molecule has 0 saturated carbocycles. The first-order valence-corrected chi connectivity index (χ1v) is 8.81. The highest BCUT2D eigenvalue weighted by molar-refractivity contribution is 5.91. The normalized spacial score (nSPS) is 17.9. The van der Waals surface area contributed by atoms with Gasteiger partial charge in [0.25, 0.3) is 0 Å². The van der Waals surface area contributed by atoms with E-state index in [4.69, 9.17) is 0 Å². The highest BCUT2D eigenvalue weighted by Gasteiger charge is 2.22. The van der Waals surface area contributed by atoms with Crippen LogP contribution in [0.5, 0.6) is 0 Å². The van der Waals surface area contributed by atoms with Gasteiger partial charge in [0.15, 0.2) is 0 Å². The fourth-order valence-electron chi connectivity index (χ4n) is 3.14. The van der Waals surface area contributed by atoms with E-state index in [0.717, 1.165) is 24.5 Å². The van der Waals surface area contributed by atoms with Crippen LogP contribution >= 0.6 is 24.8 Å². The van der Waals surface area contributed by atoms with Crippen LogP contribution in [0.4, 0.5) is 11.4 Å². The van der Waals surface area contributed by atoms with E-state index in [1.807, 2.05) is 18.2 Å². The summed E-state index contributed by atoms with van der Waals surface area (Å²) in [6, 6.07) is 8.51. The molecule has 2 N–H and O–H groups in total. The van der Waals surface area contributed by atoms with Crippen molar-refractivity contribution in [3.05, 3.63) is 24.3 Å². The smallest absolute Gasteiger partial charge is 0.224 e. The maximum Gasteiger partial charge on any atom is 0.224 e. The van der Waals surface area contributed by atoms with Gasteiger partial charge < -0.3 is 15.5 Å². The van der Waals surface area contributed by atoms with E-state index in [9.17, 15) is 4.79 Å². The summed E-state index contributed by atoms with van der Waals surface area (Å²) in [5.74, 6) is 1.16. The molecule has 0 spiro atoms. The number of hydrogen-bond donors (Lipinski definition) is 2. The van der Waals surface area contributed by atoms with Crippen LogP contribution in [0, 0.1) is 11.8 Å². The highest BCUT2D eigenvalue weighted by atomic mass is 35.5. The molecule has 0 aromatic heterocycles. The van der Waals surface area contributed by atoms with E-state index in [1.165, 1.54) is 12.8 Å². The van der Waals surface area contributed by atoms with E-state index in [-0.39, 0.29) is 30.7 Å². The summed E-state index contributed by atoms with van der Waals surface area (Å²) in [4.78, 5) is 14.5. The summed E-state index contributed by atoms with van der Waals surface area (Å²) in [5, 5.41) is 6.49. The highest BCUT2D eigenvalue weighted by Crippen LogP contribution is 2.24. The number of nitrogens with one attached hydrogen (secondary N) is 2. The summed E-state index contributed by atoms with van der Waals surface area (Å²) < 4.78 is 0. The Morgan fingerprint density at radius 3 is 2.64 bits per heavy atom. The molecular weight excluding hydrogens is 357 g/mol. The molecule has 0 aliphatic carbocycles. The van der Waals surface area contributed by atoms with Gasteiger partial charge in [0.2, 0.25) is 5.91 Å². The lowest BCUT2D eigenvalue weighted by atomic mass is 9.85. The van der Waals surface area contributed by atoms with Gasteiger partial charge in [-0.1, -0.05) is 13.0 Å². The molecule has 0 radical (unpaired) electrons. The van der Waals surface area contributed by atoms with Crippen LogP contribution in [-0.2, 0) is 4.79 Å². The van der Waals surface area contributed by atoms with Crippen LogP contribution < -0.4 is 15.5 Å². The van der Waals surface area contributed by atoms with Crippen molar-refractivity contribution in [1.82, 2.24) is 5.32 Å². The van der Waals surface area contributed by atoms with Gasteiger partial charge in [-0.15, -0.1) is 24.8 Å². The summed E-state index contributed by atoms with van der Waals surface area (Å²) in [5.41, 5.74) is 2.01. The minimum atomic E-state index is 0. The maximum atomic E-state index is 12.3. The molecule has 1 saturated heterocycles. The molecule has 25 heavy (non-hydrogen) atoms. The van der Waals surface area contributed by atoms with Crippen LogP contribution in [0.25, 0.3) is 0 Å². The minimum Gasteiger partial charge on any atom is -0.372 e. The average Bonchev–Trinajstić information content (AvgIpc) is 2.55. The number of anilines is 2. The van der Waals surface area contributed by atoms with Gasteiger partial charge in [-0.25, -0.2) is 0 Å². The quantitative estimate of drug-likeness (QED) is 0.760. The van der Waals surface area contributed by atoms with E-state index in [0.29, 0.717) is 24.3 Å². The lowest BCUT2D eigenvalue weighted by Gasteiger charge is -2.28. The van der Waals surface area contributed by atoms with E-state index < -0.39 is 0 Å². The number of benzene rings is 1. The van der Waals surface area contributed by atoms with Gasteiger partial charge in [0.05, 0.1) is 0 Å². The Bertz CT molecular complexity index is 519. The zero-order chi connectivity index (χ0) is 16.8. The van der Waals surface area contributed by atoms with Crippen molar-refractivity contribution >= 4 is 42.1 Å². The molecule has 144 valence electrons. The lowest BCUT2D eigenvalue weighted by Crippen LogP contribution is -2.34. The monoisotopic (exact) mass is 389 g/mol. The predicted octanol–water partition coefficient (Wildman–Crippen LogP) is 4.34. The Hall–Kier alpha value is -0.970. The Labute approximate surface area is 164 Å². The number of halogens is 2. The van der Waals surface area contributed by atoms with E-state index in [2.05, 4.69) is 49.4 Å². The van der Waals surface area contributed by atoms with Gasteiger partial charge in [-0.3, -0.25) is 4.79 Å². The number of rotatable bonds is 6. The summed E-state index contributed by atoms with van der Waals surface area (Å²) in [7, 11) is 2.07. The zero-order valence-electron chi connectivity index (χ0n) is 15.7. The van der Waals surface area contributed by atoms with Crippen molar-refractivity contribution in [2.75, 3.05) is 30.4 Å². The molecule has 4 nitrogen and oxygen atoms in total. The Morgan fingerprint density at radius 1 is 1.32 bits per heavy atom. The fourth-order valence-corrected chi connectivity index (χ4v) is 3.14. The lowest BCUT2D eigenvalue weighted by molar-refractivity contribution is -0.117. The molecule has 1 fully saturated rings. The molecule has 1 aliphatic rings. The molecule has 1 aromatic rings. The summed E-state index contributed by atoms with van der Waals surface area (Å²) in [6.07, 6.45) is 3.05. The predicted molar refractivity (Wildman–Crippen MR) is 112 cm³/mol. The summed E-state index contributed by atoms with van der Waals surface area (Å²) in [6.45, 7) is 8.67. The molecule has 2 unspecified atom stereocenters. The van der Waals surface area contributed by atoms with Crippen molar-refractivity contribution in [2.45, 2.75) is 46.1 Å². The fraction of sp³-hybridized carbons (Fsp3) is 0.632. The Morgan fingerprint density at radius 2 is 2.04 bits per heavy atom. The first kappa shape index (κ1) is 24.0. The number of carbonyl (C=O) groups is 1. The summed E-state index contributed by atoms with van der Waals surface area (Å²) >= 11 is 0. The van der Waals surface area contributed by atoms with Crippen LogP contribution in [0.2, 0.25) is 0 Å². The second-order valence-corrected chi connectivity index (χ2v) is 7.09. The molecular formula is C19H33Cl2N3O. The van der Waals surface area contributed by atoms with Crippen LogP contribution in [0.3, 0.4) is 0 Å². The first-order chi connectivity index (χ1) is 11.0. The topological polar surface area (TPSA) is 44.4 Å². The third kappa shape index (κ3) is 7.43. The number of nitrogens with zero attached hydrogens (tertiary/aromatic N) is 1. The SMILES string of the molecule is CC(CC(=O)Nc1cccc(N(C)C(C)C)c1)C1CCCNC1.Cl.Cl. The Kier molecular flexibility index (Phi) is 11.2. The van der Waals surface area contributed by atoms with Crippen molar-refractivity contribution in [3.8, 4) is 0 Å². The zero-order valence-corrected chi connectivity index (χ0v) is 17.4. The van der Waals surface area contributed by atoms with Crippen molar-refractivity contribution in [1.29, 1.82) is 0 Å². The van der Waals surface area contributed by atoms with Gasteiger partial charge in [0.1, 0.15) is 0 Å². The molecule has 1 aromatic carbocycles. The minimum absolute atomic E-state index is 0. The van der Waals surface area contributed by atoms with Crippen LogP contribution in [0.15, 0.2) is 24.3 Å². The van der Waals surface area contributed by atoms with Crippen molar-refractivity contribution in [2.24, 2.45) is 11.8 Å². The second kappa shape index (κ2) is 11.6. The first-order valence-electron chi connectivity index (χ1n) is 8.81. The number of piperidine rings is 1. The molecule has 6 heteroatoms. The molecule has 0 bridgehead atoms. The standard InChI is InChI=1S/C19H31N3O.2ClH/c1-14(2)22(4)18-9-5-8-17(12-18)21-19(23)11-15(3)16-7-6-10-20-13-16;;/h5,8-9,12,14-16,20H,6-7,10-11,13H2,1-4H3,(H,21,23);2*1H. The largest absolute Gasteiger partial charge is 0.372 e. The van der Waals surface area contributed by atoms with Gasteiger partial charge in [-0.05, 0) is 69.8 Å². The van der Waals surface area contributed by atoms with Gasteiger partial charge in [0, 0.05) is 30.9 Å². The van der Waals surface area contributed by atoms with Crippen LogP contribution in [0.1, 0.15) is 40.0 Å². The van der Waals surface area contributed by atoms with E-state index in [1.54, 1.807) is 0 Å². The molecule has 1 amide bonds. The van der Waals surface area contributed by atoms with Crippen LogP contribution in [-0.4, -0.2) is 32.1 Å². The van der Waals surface area contributed by atoms with Gasteiger partial charge in [-0.2, -0.15) is 0 Å². The third-order valence-corrected chi connectivity index (χ3v) is 4.96. The van der Waals surface area contributed by atoms with Crippen molar-refractivity contribution in [3.63, 3.8) is 0 Å². The Balaban J connectivity index is 0.00000288. The molecule has 2 atom stereocenters. The maximum absolute atomic E-state index is 12.3. The third-order valence-electron chi connectivity index (χ3n) is 4.96. The van der Waals surface area contributed by atoms with Gasteiger partial charge >= 0.3 is 0 Å². The molecule has 1 aliphatic heterocycles. The number of hydrogen-bond acceptors (Lipinski definition) is 3. The van der Waals surface area contributed by atoms with E-state index >= 15 is 0 Å². The number of carbonyl (C=O) groups excluding carboxylic acids is 1. The average molecular weight is 390 g/mol. The number of amides is 1.